The minimum absolute atomic E-state index is 0.103. The predicted octanol–water partition coefficient (Wildman–Crippen LogP) is 5.36. The molecule has 0 fully saturated rings. The Hall–Kier alpha value is -4.26. The summed E-state index contributed by atoms with van der Waals surface area (Å²) in [6.45, 7) is 0. The average molecular weight is 484 g/mol. The normalized spacial score (nSPS) is 12.9. The van der Waals surface area contributed by atoms with Crippen molar-refractivity contribution in [3.05, 3.63) is 143 Å². The monoisotopic (exact) mass is 483 g/mol. The van der Waals surface area contributed by atoms with Gasteiger partial charge < -0.3 is 20.6 Å². The minimum atomic E-state index is -1.46. The van der Waals surface area contributed by atoms with Crippen LogP contribution in [0, 0.1) is 0 Å². The second-order valence-electron chi connectivity index (χ2n) is 8.20. The van der Waals surface area contributed by atoms with Crippen molar-refractivity contribution in [1.29, 1.82) is 0 Å². The number of aliphatic hydroxyl groups is 1. The van der Waals surface area contributed by atoms with Gasteiger partial charge in [-0.2, -0.15) is 0 Å². The Morgan fingerprint density at radius 2 is 1.22 bits per heavy atom. The molecular formula is C30H29NO5. The molecule has 4 aromatic carbocycles. The lowest BCUT2D eigenvalue weighted by molar-refractivity contribution is 0.0536. The zero-order chi connectivity index (χ0) is 26.0. The highest BCUT2D eigenvalue weighted by molar-refractivity contribution is 5.90. The van der Waals surface area contributed by atoms with Crippen molar-refractivity contribution < 1.29 is 24.9 Å². The lowest BCUT2D eigenvalue weighted by atomic mass is 9.78. The van der Waals surface area contributed by atoms with E-state index in [1.807, 2.05) is 67.7 Å². The number of rotatable bonds is 8. The summed E-state index contributed by atoms with van der Waals surface area (Å²) in [5, 5.41) is 33.1. The van der Waals surface area contributed by atoms with E-state index < -0.39 is 17.5 Å². The molecule has 6 nitrogen and oxygen atoms in total. The lowest BCUT2D eigenvalue weighted by Gasteiger charge is -2.34. The number of hydrogen-bond acceptors (Lipinski definition) is 4. The molecular weight excluding hydrogens is 454 g/mol. The second-order valence-corrected chi connectivity index (χ2v) is 8.20. The molecule has 2 unspecified atom stereocenters. The maximum absolute atomic E-state index is 11.8. The second kappa shape index (κ2) is 12.4. The van der Waals surface area contributed by atoms with Gasteiger partial charge in [-0.15, -0.1) is 0 Å². The van der Waals surface area contributed by atoms with Crippen LogP contribution in [0.3, 0.4) is 0 Å². The molecule has 0 bridgehead atoms. The molecule has 0 saturated heterocycles. The van der Waals surface area contributed by atoms with Crippen LogP contribution >= 0.6 is 0 Å². The number of carboxylic acid groups (broad SMARTS) is 2. The maximum Gasteiger partial charge on any atom is 0.336 e. The van der Waals surface area contributed by atoms with Crippen LogP contribution in [-0.4, -0.2) is 34.3 Å². The Morgan fingerprint density at radius 1 is 0.722 bits per heavy atom. The minimum Gasteiger partial charge on any atom is -0.478 e. The van der Waals surface area contributed by atoms with E-state index in [1.165, 1.54) is 6.07 Å². The first kappa shape index (κ1) is 26.3. The molecule has 0 spiro atoms. The maximum atomic E-state index is 11.8. The molecule has 4 aromatic rings. The topological polar surface area (TPSA) is 107 Å². The van der Waals surface area contributed by atoms with Gasteiger partial charge in [0.2, 0.25) is 0 Å². The SMILES string of the molecule is CNC(CC(O)(c1ccccc1)c1ccccc1C(=O)O)c1ccccc1.O=C(O)c1ccccc1. The Balaban J connectivity index is 0.000000338. The van der Waals surface area contributed by atoms with Crippen LogP contribution in [0.4, 0.5) is 0 Å². The standard InChI is InChI=1S/C23H23NO3.C7H6O2/c1-24-21(17-10-4-2-5-11-17)16-23(27,18-12-6-3-7-13-18)20-15-9-8-14-19(20)22(25)26;8-7(9)6-4-2-1-3-5-6/h2-15,21,24,27H,16H2,1H3,(H,25,26);1-5H,(H,8,9). The van der Waals surface area contributed by atoms with Gasteiger partial charge in [0, 0.05) is 18.0 Å². The molecule has 0 aliphatic heterocycles. The van der Waals surface area contributed by atoms with Crippen LogP contribution in [0.2, 0.25) is 0 Å². The summed E-state index contributed by atoms with van der Waals surface area (Å²) in [6, 6.07) is 33.9. The summed E-state index contributed by atoms with van der Waals surface area (Å²) >= 11 is 0. The van der Waals surface area contributed by atoms with Gasteiger partial charge in [-0.05, 0) is 36.4 Å². The molecule has 6 heteroatoms. The molecule has 0 aromatic heterocycles. The van der Waals surface area contributed by atoms with Crippen LogP contribution in [0.5, 0.6) is 0 Å². The number of aromatic carboxylic acids is 2. The Bertz CT molecular complexity index is 1260. The van der Waals surface area contributed by atoms with E-state index in [1.54, 1.807) is 48.5 Å². The first-order chi connectivity index (χ1) is 17.4. The molecule has 0 aliphatic carbocycles. The average Bonchev–Trinajstić information content (AvgIpc) is 2.93. The van der Waals surface area contributed by atoms with Crippen molar-refractivity contribution in [3.63, 3.8) is 0 Å². The molecule has 4 N–H and O–H groups in total. The summed E-state index contributed by atoms with van der Waals surface area (Å²) < 4.78 is 0. The molecule has 2 atom stereocenters. The van der Waals surface area contributed by atoms with Gasteiger partial charge in [-0.3, -0.25) is 0 Å². The quantitative estimate of drug-likeness (QED) is 0.269. The molecule has 0 heterocycles. The van der Waals surface area contributed by atoms with Gasteiger partial charge in [0.05, 0.1) is 11.1 Å². The molecule has 0 radical (unpaired) electrons. The van der Waals surface area contributed by atoms with Gasteiger partial charge in [0.25, 0.3) is 0 Å². The third-order valence-electron chi connectivity index (χ3n) is 5.93. The van der Waals surface area contributed by atoms with Crippen molar-refractivity contribution in [1.82, 2.24) is 5.32 Å². The Morgan fingerprint density at radius 3 is 1.72 bits per heavy atom. The zero-order valence-electron chi connectivity index (χ0n) is 19.9. The van der Waals surface area contributed by atoms with Crippen molar-refractivity contribution in [2.75, 3.05) is 7.05 Å². The fourth-order valence-corrected chi connectivity index (χ4v) is 4.08. The van der Waals surface area contributed by atoms with Gasteiger partial charge in [0.15, 0.2) is 0 Å². The number of nitrogens with one attached hydrogen (secondary N) is 1. The number of hydrogen-bond donors (Lipinski definition) is 4. The summed E-state index contributed by atoms with van der Waals surface area (Å²) in [4.78, 5) is 22.0. The van der Waals surface area contributed by atoms with E-state index in [2.05, 4.69) is 5.32 Å². The van der Waals surface area contributed by atoms with E-state index >= 15 is 0 Å². The summed E-state index contributed by atoms with van der Waals surface area (Å²) in [5.74, 6) is -1.93. The van der Waals surface area contributed by atoms with E-state index in [0.717, 1.165) is 5.56 Å². The van der Waals surface area contributed by atoms with Crippen molar-refractivity contribution in [3.8, 4) is 0 Å². The third kappa shape index (κ3) is 6.44. The van der Waals surface area contributed by atoms with E-state index in [-0.39, 0.29) is 11.6 Å². The highest BCUT2D eigenvalue weighted by Gasteiger charge is 2.37. The smallest absolute Gasteiger partial charge is 0.336 e. The predicted molar refractivity (Wildman–Crippen MR) is 139 cm³/mol. The highest BCUT2D eigenvalue weighted by Crippen LogP contribution is 2.39. The van der Waals surface area contributed by atoms with Crippen LogP contribution in [0.1, 0.15) is 49.9 Å². The Kier molecular flexibility index (Phi) is 9.11. The number of benzene rings is 4. The summed E-state index contributed by atoms with van der Waals surface area (Å²) in [5.41, 5.74) is 1.06. The van der Waals surface area contributed by atoms with Crippen LogP contribution in [0.15, 0.2) is 115 Å². The van der Waals surface area contributed by atoms with Crippen LogP contribution in [0.25, 0.3) is 0 Å². The van der Waals surface area contributed by atoms with Crippen LogP contribution < -0.4 is 5.32 Å². The summed E-state index contributed by atoms with van der Waals surface area (Å²) in [6.07, 6.45) is 0.293. The van der Waals surface area contributed by atoms with Crippen molar-refractivity contribution >= 4 is 11.9 Å². The van der Waals surface area contributed by atoms with E-state index in [0.29, 0.717) is 23.1 Å². The molecule has 4 rings (SSSR count). The van der Waals surface area contributed by atoms with Gasteiger partial charge in [-0.25, -0.2) is 9.59 Å². The Labute approximate surface area is 210 Å². The first-order valence-corrected chi connectivity index (χ1v) is 11.5. The van der Waals surface area contributed by atoms with E-state index in [9.17, 15) is 19.8 Å². The fourth-order valence-electron chi connectivity index (χ4n) is 4.08. The highest BCUT2D eigenvalue weighted by atomic mass is 16.4. The number of carboxylic acids is 2. The summed E-state index contributed by atoms with van der Waals surface area (Å²) in [7, 11) is 1.84. The third-order valence-corrected chi connectivity index (χ3v) is 5.93. The first-order valence-electron chi connectivity index (χ1n) is 11.5. The zero-order valence-corrected chi connectivity index (χ0v) is 19.9. The molecule has 184 valence electrons. The largest absolute Gasteiger partial charge is 0.478 e. The van der Waals surface area contributed by atoms with Crippen molar-refractivity contribution in [2.45, 2.75) is 18.1 Å². The fraction of sp³-hybridized carbons (Fsp3) is 0.133. The molecule has 36 heavy (non-hydrogen) atoms. The van der Waals surface area contributed by atoms with Gasteiger partial charge in [0.1, 0.15) is 5.60 Å². The molecule has 0 saturated carbocycles. The van der Waals surface area contributed by atoms with Crippen molar-refractivity contribution in [2.24, 2.45) is 0 Å². The lowest BCUT2D eigenvalue weighted by Crippen LogP contribution is -2.34. The van der Waals surface area contributed by atoms with E-state index in [4.69, 9.17) is 5.11 Å². The molecule has 0 amide bonds. The van der Waals surface area contributed by atoms with Gasteiger partial charge in [-0.1, -0.05) is 97.1 Å². The van der Waals surface area contributed by atoms with Gasteiger partial charge >= 0.3 is 11.9 Å². The molecule has 0 aliphatic rings. The van der Waals surface area contributed by atoms with Crippen LogP contribution in [-0.2, 0) is 5.60 Å². The number of carbonyl (C=O) groups is 2.